The number of ether oxygens (including phenoxy) is 5. The molecule has 1 heterocycles. The van der Waals surface area contributed by atoms with E-state index in [2.05, 4.69) is 19.2 Å². The molecule has 46 heavy (non-hydrogen) atoms. The highest BCUT2D eigenvalue weighted by Crippen LogP contribution is 2.36. The molecule has 1 aliphatic heterocycles. The molecule has 11 nitrogen and oxygen atoms in total. The molecule has 262 valence electrons. The summed E-state index contributed by atoms with van der Waals surface area (Å²) in [5.41, 5.74) is 4.90. The molecule has 0 radical (unpaired) electrons. The molecule has 12 heteroatoms. The number of amides is 3. The van der Waals surface area contributed by atoms with Crippen molar-refractivity contribution in [3.8, 4) is 11.5 Å². The minimum atomic E-state index is -0.886. The van der Waals surface area contributed by atoms with Crippen LogP contribution in [-0.2, 0) is 30.2 Å². The number of benzene rings is 1. The normalized spacial score (nSPS) is 18.7. The number of hydrogen-bond acceptors (Lipinski definition) is 8. The first-order valence-electron chi connectivity index (χ1n) is 16.2. The summed E-state index contributed by atoms with van der Waals surface area (Å²) >= 11 is 6.03. The third-order valence-electron chi connectivity index (χ3n) is 8.72. The molecule has 5 unspecified atom stereocenters. The van der Waals surface area contributed by atoms with Crippen molar-refractivity contribution in [2.24, 2.45) is 34.8 Å². The average molecular weight is 670 g/mol. The van der Waals surface area contributed by atoms with Crippen LogP contribution in [-0.4, -0.2) is 81.2 Å². The van der Waals surface area contributed by atoms with E-state index in [9.17, 15) is 14.4 Å². The van der Waals surface area contributed by atoms with E-state index >= 15 is 0 Å². The van der Waals surface area contributed by atoms with E-state index < -0.39 is 35.0 Å². The Morgan fingerprint density at radius 3 is 2.33 bits per heavy atom. The van der Waals surface area contributed by atoms with Gasteiger partial charge in [-0.2, -0.15) is 0 Å². The molecular formula is C34H56ClN3O8. The summed E-state index contributed by atoms with van der Waals surface area (Å²) in [6.45, 7) is 14.5. The number of methoxy groups -OCH3 is 2. The van der Waals surface area contributed by atoms with Gasteiger partial charge in [0, 0.05) is 32.6 Å². The van der Waals surface area contributed by atoms with Gasteiger partial charge in [-0.15, -0.1) is 0 Å². The Balaban J connectivity index is 2.32. The van der Waals surface area contributed by atoms with Gasteiger partial charge in [0.15, 0.2) is 17.1 Å². The zero-order chi connectivity index (χ0) is 34.6. The number of primary amides is 1. The summed E-state index contributed by atoms with van der Waals surface area (Å²) < 4.78 is 28.3. The van der Waals surface area contributed by atoms with Crippen molar-refractivity contribution in [1.29, 1.82) is 0 Å². The highest BCUT2D eigenvalue weighted by molar-refractivity contribution is 6.19. The van der Waals surface area contributed by atoms with Gasteiger partial charge in [0.1, 0.15) is 6.73 Å². The summed E-state index contributed by atoms with van der Waals surface area (Å²) in [4.78, 5) is 40.0. The molecule has 0 spiro atoms. The smallest absolute Gasteiger partial charge is 0.413 e. The van der Waals surface area contributed by atoms with Gasteiger partial charge in [-0.05, 0) is 75.5 Å². The SMILES string of the molecule is COCCCOc1cc(CC(CC2C(CC(C(=O)NCC(C)(C)C(N)=O)C(C)C)OCN2C(=O)OC(C)Cl)C(C)C)ccc1OC. The Bertz CT molecular complexity index is 1130. The molecule has 1 aliphatic rings. The Labute approximate surface area is 280 Å². The monoisotopic (exact) mass is 669 g/mol. The van der Waals surface area contributed by atoms with Crippen LogP contribution in [0.3, 0.4) is 0 Å². The predicted molar refractivity (Wildman–Crippen MR) is 178 cm³/mol. The zero-order valence-electron chi connectivity index (χ0n) is 29.1. The van der Waals surface area contributed by atoms with E-state index in [0.29, 0.717) is 37.6 Å². The molecule has 1 saturated heterocycles. The minimum absolute atomic E-state index is 0.0210. The molecule has 1 fully saturated rings. The van der Waals surface area contributed by atoms with E-state index in [-0.39, 0.29) is 43.0 Å². The number of nitrogens with zero attached hydrogens (tertiary/aromatic N) is 1. The summed E-state index contributed by atoms with van der Waals surface area (Å²) in [6.07, 6.45) is 1.51. The molecule has 3 N–H and O–H groups in total. The molecule has 0 aliphatic carbocycles. The Hall–Kier alpha value is -2.76. The fourth-order valence-electron chi connectivity index (χ4n) is 5.49. The van der Waals surface area contributed by atoms with Crippen LogP contribution in [0.25, 0.3) is 0 Å². The van der Waals surface area contributed by atoms with Crippen molar-refractivity contribution in [3.05, 3.63) is 23.8 Å². The number of carbonyl (C=O) groups is 3. The van der Waals surface area contributed by atoms with Crippen LogP contribution in [0.5, 0.6) is 11.5 Å². The third kappa shape index (κ3) is 11.8. The Morgan fingerprint density at radius 1 is 1.07 bits per heavy atom. The highest BCUT2D eigenvalue weighted by atomic mass is 35.5. The molecule has 5 atom stereocenters. The number of carbonyl (C=O) groups excluding carboxylic acids is 3. The Morgan fingerprint density at radius 2 is 1.76 bits per heavy atom. The van der Waals surface area contributed by atoms with Gasteiger partial charge >= 0.3 is 6.09 Å². The van der Waals surface area contributed by atoms with Crippen LogP contribution in [0.2, 0.25) is 0 Å². The van der Waals surface area contributed by atoms with Crippen LogP contribution in [0.15, 0.2) is 18.2 Å². The minimum Gasteiger partial charge on any atom is -0.493 e. The fraction of sp³-hybridized carbons (Fsp3) is 0.735. The number of nitrogens with one attached hydrogen (secondary N) is 1. The van der Waals surface area contributed by atoms with Crippen LogP contribution in [0, 0.1) is 29.1 Å². The number of alkyl halides is 1. The predicted octanol–water partition coefficient (Wildman–Crippen LogP) is 5.35. The quantitative estimate of drug-likeness (QED) is 0.148. The number of halogens is 1. The van der Waals surface area contributed by atoms with E-state index in [0.717, 1.165) is 18.4 Å². The summed E-state index contributed by atoms with van der Waals surface area (Å²) in [6, 6.07) is 5.61. The second kappa shape index (κ2) is 18.5. The van der Waals surface area contributed by atoms with E-state index in [4.69, 9.17) is 41.0 Å². The molecule has 0 bridgehead atoms. The number of nitrogens with two attached hydrogens (primary N) is 1. The van der Waals surface area contributed by atoms with Crippen LogP contribution in [0.4, 0.5) is 4.79 Å². The summed E-state index contributed by atoms with van der Waals surface area (Å²) in [5, 5.41) is 2.92. The van der Waals surface area contributed by atoms with Gasteiger partial charge in [0.25, 0.3) is 0 Å². The van der Waals surface area contributed by atoms with Gasteiger partial charge in [0.05, 0.1) is 31.3 Å². The lowest BCUT2D eigenvalue weighted by Crippen LogP contribution is -2.47. The lowest BCUT2D eigenvalue weighted by atomic mass is 9.80. The molecule has 1 aromatic rings. The van der Waals surface area contributed by atoms with Crippen molar-refractivity contribution >= 4 is 29.5 Å². The molecule has 0 saturated carbocycles. The average Bonchev–Trinajstić information content (AvgIpc) is 3.38. The summed E-state index contributed by atoms with van der Waals surface area (Å²) in [5.74, 6) is 0.633. The van der Waals surface area contributed by atoms with Crippen molar-refractivity contribution in [3.63, 3.8) is 0 Å². The first-order chi connectivity index (χ1) is 21.6. The van der Waals surface area contributed by atoms with Gasteiger partial charge in [0.2, 0.25) is 11.8 Å². The largest absolute Gasteiger partial charge is 0.493 e. The maximum Gasteiger partial charge on any atom is 0.413 e. The molecule has 3 amide bonds. The maximum absolute atomic E-state index is 13.4. The van der Waals surface area contributed by atoms with Crippen molar-refractivity contribution < 1.29 is 38.1 Å². The van der Waals surface area contributed by atoms with Gasteiger partial charge in [-0.1, -0.05) is 45.4 Å². The Kier molecular flexibility index (Phi) is 15.9. The van der Waals surface area contributed by atoms with E-state index in [1.54, 1.807) is 39.9 Å². The maximum atomic E-state index is 13.4. The van der Waals surface area contributed by atoms with Gasteiger partial charge in [-0.25, -0.2) is 4.79 Å². The lowest BCUT2D eigenvalue weighted by Gasteiger charge is -2.33. The first-order valence-corrected chi connectivity index (χ1v) is 16.6. The van der Waals surface area contributed by atoms with Crippen molar-refractivity contribution in [2.75, 3.05) is 40.7 Å². The van der Waals surface area contributed by atoms with Gasteiger partial charge < -0.3 is 34.7 Å². The first kappa shape index (κ1) is 39.4. The highest BCUT2D eigenvalue weighted by Gasteiger charge is 2.43. The number of rotatable bonds is 19. The lowest BCUT2D eigenvalue weighted by molar-refractivity contribution is -0.130. The molecule has 0 aromatic heterocycles. The van der Waals surface area contributed by atoms with Crippen molar-refractivity contribution in [1.82, 2.24) is 10.2 Å². The fourth-order valence-corrected chi connectivity index (χ4v) is 5.57. The topological polar surface area (TPSA) is 139 Å². The summed E-state index contributed by atoms with van der Waals surface area (Å²) in [7, 11) is 3.28. The van der Waals surface area contributed by atoms with Crippen molar-refractivity contribution in [2.45, 2.75) is 91.9 Å². The number of hydrogen-bond donors (Lipinski definition) is 2. The second-order valence-electron chi connectivity index (χ2n) is 13.5. The van der Waals surface area contributed by atoms with E-state index in [1.165, 1.54) is 0 Å². The standard InChI is InChI=1S/C34H56ClN3O8/c1-21(2)25(15-24-11-12-28(43-9)30(16-24)44-14-10-13-42-8)17-27-29(45-20-38(27)33(41)46-23(5)35)18-26(22(3)4)31(39)37-19-34(6,7)32(36)40/h11-12,16,21-23,25-27,29H,10,13-15,17-20H2,1-9H3,(H2,36,40)(H,37,39). The van der Waals surface area contributed by atoms with Crippen LogP contribution < -0.4 is 20.5 Å². The van der Waals surface area contributed by atoms with E-state index in [1.807, 2.05) is 32.0 Å². The zero-order valence-corrected chi connectivity index (χ0v) is 29.9. The van der Waals surface area contributed by atoms with Crippen LogP contribution in [0.1, 0.15) is 73.3 Å². The second-order valence-corrected chi connectivity index (χ2v) is 14.1. The van der Waals surface area contributed by atoms with Gasteiger partial charge in [-0.3, -0.25) is 14.5 Å². The molecule has 2 rings (SSSR count). The molecule has 1 aromatic carbocycles. The third-order valence-corrected chi connectivity index (χ3v) is 8.81. The molecular weight excluding hydrogens is 614 g/mol. The van der Waals surface area contributed by atoms with Crippen LogP contribution >= 0.6 is 11.6 Å².